The molecule has 1 fully saturated rings. The predicted molar refractivity (Wildman–Crippen MR) is 66.6 cm³/mol. The predicted octanol–water partition coefficient (Wildman–Crippen LogP) is 3.11. The van der Waals surface area contributed by atoms with Gasteiger partial charge in [-0.15, -0.1) is 0 Å². The number of hydrogen-bond acceptors (Lipinski definition) is 2. The summed E-state index contributed by atoms with van der Waals surface area (Å²) in [4.78, 5) is 2.14. The lowest BCUT2D eigenvalue weighted by atomic mass is 10.2. The third kappa shape index (κ3) is 2.65. The van der Waals surface area contributed by atoms with Crippen molar-refractivity contribution in [2.24, 2.45) is 0 Å². The third-order valence-electron chi connectivity index (χ3n) is 3.09. The topological polar surface area (TPSA) is 15.3 Å². The van der Waals surface area contributed by atoms with Gasteiger partial charge < -0.3 is 10.2 Å². The summed E-state index contributed by atoms with van der Waals surface area (Å²) in [6, 6.07) is 9.33. The number of nitrogens with one attached hydrogen (secondary N) is 1. The second-order valence-corrected chi connectivity index (χ2v) is 4.57. The highest BCUT2D eigenvalue weighted by atomic mass is 15.1. The van der Waals surface area contributed by atoms with Crippen LogP contribution < -0.4 is 10.2 Å². The molecule has 0 unspecified atom stereocenters. The van der Waals surface area contributed by atoms with Crippen molar-refractivity contribution >= 4 is 11.4 Å². The summed E-state index contributed by atoms with van der Waals surface area (Å²) in [7, 11) is 4.16. The van der Waals surface area contributed by atoms with Gasteiger partial charge in [-0.1, -0.05) is 18.9 Å². The lowest BCUT2D eigenvalue weighted by Crippen LogP contribution is -2.15. The Labute approximate surface area is 92.3 Å². The van der Waals surface area contributed by atoms with Crippen LogP contribution in [0.25, 0.3) is 0 Å². The molecule has 0 aliphatic heterocycles. The molecule has 0 radical (unpaired) electrons. The van der Waals surface area contributed by atoms with Gasteiger partial charge >= 0.3 is 0 Å². The minimum atomic E-state index is 0.697. The second-order valence-electron chi connectivity index (χ2n) is 4.57. The fourth-order valence-corrected chi connectivity index (χ4v) is 2.18. The van der Waals surface area contributed by atoms with Gasteiger partial charge in [-0.25, -0.2) is 0 Å². The van der Waals surface area contributed by atoms with Gasteiger partial charge in [0.15, 0.2) is 0 Å². The lowest BCUT2D eigenvalue weighted by Gasteiger charge is -2.17. The van der Waals surface area contributed by atoms with Crippen molar-refractivity contribution in [2.45, 2.75) is 31.7 Å². The molecule has 2 nitrogen and oxygen atoms in total. The van der Waals surface area contributed by atoms with Gasteiger partial charge in [-0.05, 0) is 31.0 Å². The fraction of sp³-hybridized carbons (Fsp3) is 0.538. The van der Waals surface area contributed by atoms with Gasteiger partial charge in [-0.2, -0.15) is 0 Å². The lowest BCUT2D eigenvalue weighted by molar-refractivity contribution is 0.755. The molecule has 0 bridgehead atoms. The molecule has 2 heteroatoms. The van der Waals surface area contributed by atoms with Gasteiger partial charge in [0.25, 0.3) is 0 Å². The standard InChI is InChI=1S/C13H20N2/c1-15(2)13-9-5-8-12(10-13)14-11-6-3-4-7-11/h5,8-11,14H,3-4,6-7H2,1-2H3. The number of anilines is 2. The monoisotopic (exact) mass is 204 g/mol. The Balaban J connectivity index is 2.04. The Morgan fingerprint density at radius 1 is 1.20 bits per heavy atom. The van der Waals surface area contributed by atoms with E-state index >= 15 is 0 Å². The van der Waals surface area contributed by atoms with Crippen LogP contribution in [-0.4, -0.2) is 20.1 Å². The Kier molecular flexibility index (Phi) is 3.14. The van der Waals surface area contributed by atoms with Gasteiger partial charge in [-0.3, -0.25) is 0 Å². The molecule has 1 aromatic rings. The number of nitrogens with zero attached hydrogens (tertiary/aromatic N) is 1. The van der Waals surface area contributed by atoms with Crippen LogP contribution in [0.2, 0.25) is 0 Å². The summed E-state index contributed by atoms with van der Waals surface area (Å²) in [5.41, 5.74) is 2.52. The van der Waals surface area contributed by atoms with Crippen LogP contribution in [0, 0.1) is 0 Å². The molecule has 0 amide bonds. The minimum absolute atomic E-state index is 0.697. The normalized spacial score (nSPS) is 16.7. The molecule has 2 rings (SSSR count). The third-order valence-corrected chi connectivity index (χ3v) is 3.09. The molecule has 1 aliphatic carbocycles. The molecule has 15 heavy (non-hydrogen) atoms. The number of rotatable bonds is 3. The molecule has 0 saturated heterocycles. The first-order chi connectivity index (χ1) is 7.25. The van der Waals surface area contributed by atoms with E-state index in [9.17, 15) is 0 Å². The van der Waals surface area contributed by atoms with Gasteiger partial charge in [0.2, 0.25) is 0 Å². The minimum Gasteiger partial charge on any atom is -0.382 e. The van der Waals surface area contributed by atoms with E-state index in [0.717, 1.165) is 0 Å². The summed E-state index contributed by atoms with van der Waals surface area (Å²) < 4.78 is 0. The molecule has 0 heterocycles. The molecular formula is C13H20N2. The average Bonchev–Trinajstić information content (AvgIpc) is 2.71. The quantitative estimate of drug-likeness (QED) is 0.814. The van der Waals surface area contributed by atoms with Crippen molar-refractivity contribution in [3.05, 3.63) is 24.3 Å². The summed E-state index contributed by atoms with van der Waals surface area (Å²) in [6.07, 6.45) is 5.41. The summed E-state index contributed by atoms with van der Waals surface area (Å²) in [5.74, 6) is 0. The zero-order chi connectivity index (χ0) is 10.7. The zero-order valence-electron chi connectivity index (χ0n) is 9.66. The van der Waals surface area contributed by atoms with E-state index in [1.165, 1.54) is 37.1 Å². The highest BCUT2D eigenvalue weighted by Crippen LogP contribution is 2.24. The number of benzene rings is 1. The highest BCUT2D eigenvalue weighted by Gasteiger charge is 2.14. The molecule has 0 atom stereocenters. The van der Waals surface area contributed by atoms with E-state index in [1.54, 1.807) is 0 Å². The van der Waals surface area contributed by atoms with E-state index in [4.69, 9.17) is 0 Å². The Hall–Kier alpha value is -1.18. The van der Waals surface area contributed by atoms with E-state index in [0.29, 0.717) is 6.04 Å². The van der Waals surface area contributed by atoms with Crippen molar-refractivity contribution < 1.29 is 0 Å². The van der Waals surface area contributed by atoms with Crippen LogP contribution in [-0.2, 0) is 0 Å². The first-order valence-electron chi connectivity index (χ1n) is 5.79. The second kappa shape index (κ2) is 4.56. The summed E-state index contributed by atoms with van der Waals surface area (Å²) in [6.45, 7) is 0. The van der Waals surface area contributed by atoms with Crippen LogP contribution >= 0.6 is 0 Å². The Bertz CT molecular complexity index is 314. The number of hydrogen-bond donors (Lipinski definition) is 1. The molecule has 1 aliphatic rings. The zero-order valence-corrected chi connectivity index (χ0v) is 9.66. The first-order valence-corrected chi connectivity index (χ1v) is 5.79. The molecule has 0 aromatic heterocycles. The molecule has 82 valence electrons. The van der Waals surface area contributed by atoms with Crippen molar-refractivity contribution in [2.75, 3.05) is 24.3 Å². The molecular weight excluding hydrogens is 184 g/mol. The largest absolute Gasteiger partial charge is 0.382 e. The molecule has 1 aromatic carbocycles. The average molecular weight is 204 g/mol. The van der Waals surface area contributed by atoms with Crippen LogP contribution in [0.1, 0.15) is 25.7 Å². The van der Waals surface area contributed by atoms with E-state index < -0.39 is 0 Å². The Morgan fingerprint density at radius 2 is 1.93 bits per heavy atom. The van der Waals surface area contributed by atoms with Crippen molar-refractivity contribution in [1.29, 1.82) is 0 Å². The molecule has 1 N–H and O–H groups in total. The van der Waals surface area contributed by atoms with Crippen molar-refractivity contribution in [3.63, 3.8) is 0 Å². The van der Waals surface area contributed by atoms with Crippen molar-refractivity contribution in [1.82, 2.24) is 0 Å². The van der Waals surface area contributed by atoms with Gasteiger partial charge in [0.05, 0.1) is 0 Å². The summed E-state index contributed by atoms with van der Waals surface area (Å²) >= 11 is 0. The van der Waals surface area contributed by atoms with E-state index in [1.807, 2.05) is 0 Å². The van der Waals surface area contributed by atoms with Crippen LogP contribution in [0.3, 0.4) is 0 Å². The van der Waals surface area contributed by atoms with Crippen LogP contribution in [0.15, 0.2) is 24.3 Å². The van der Waals surface area contributed by atoms with Crippen LogP contribution in [0.4, 0.5) is 11.4 Å². The SMILES string of the molecule is CN(C)c1cccc(NC2CCCC2)c1. The highest BCUT2D eigenvalue weighted by molar-refractivity contribution is 5.57. The Morgan fingerprint density at radius 3 is 2.60 bits per heavy atom. The first kappa shape index (κ1) is 10.3. The van der Waals surface area contributed by atoms with Gasteiger partial charge in [0, 0.05) is 31.5 Å². The molecule has 0 spiro atoms. The maximum absolute atomic E-state index is 3.61. The fourth-order valence-electron chi connectivity index (χ4n) is 2.18. The van der Waals surface area contributed by atoms with E-state index in [2.05, 4.69) is 48.6 Å². The van der Waals surface area contributed by atoms with Crippen molar-refractivity contribution in [3.8, 4) is 0 Å². The maximum Gasteiger partial charge on any atom is 0.0381 e. The molecule has 1 saturated carbocycles. The smallest absolute Gasteiger partial charge is 0.0381 e. The van der Waals surface area contributed by atoms with E-state index in [-0.39, 0.29) is 0 Å². The van der Waals surface area contributed by atoms with Gasteiger partial charge in [0.1, 0.15) is 0 Å². The summed E-state index contributed by atoms with van der Waals surface area (Å²) in [5, 5.41) is 3.61. The maximum atomic E-state index is 3.61. The van der Waals surface area contributed by atoms with Crippen LogP contribution in [0.5, 0.6) is 0 Å².